The van der Waals surface area contributed by atoms with E-state index >= 15 is 0 Å². The molecule has 0 aromatic carbocycles. The number of hydrogen-bond acceptors (Lipinski definition) is 1. The normalized spacial score (nSPS) is 10.9. The molecule has 0 aliphatic heterocycles. The van der Waals surface area contributed by atoms with Gasteiger partial charge in [0, 0.05) is 5.69 Å². The lowest BCUT2D eigenvalue weighted by Gasteiger charge is -2.07. The maximum absolute atomic E-state index is 13.0. The number of aromatic nitrogens is 1. The van der Waals surface area contributed by atoms with Crippen molar-refractivity contribution in [3.05, 3.63) is 28.8 Å². The zero-order chi connectivity index (χ0) is 10.0. The van der Waals surface area contributed by atoms with E-state index in [1.54, 1.807) is 0 Å². The third kappa shape index (κ3) is 2.12. The van der Waals surface area contributed by atoms with Gasteiger partial charge in [0.15, 0.2) is 0 Å². The van der Waals surface area contributed by atoms with Crippen LogP contribution in [0.3, 0.4) is 0 Å². The largest absolute Gasteiger partial charge is 0.268 e. The summed E-state index contributed by atoms with van der Waals surface area (Å²) in [5.74, 6) is -1.16. The molecule has 1 aromatic heterocycles. The van der Waals surface area contributed by atoms with Crippen molar-refractivity contribution in [3.63, 3.8) is 0 Å². The number of hydrogen-bond donors (Lipinski definition) is 0. The monoisotopic (exact) mass is 209 g/mol. The SMILES string of the molecule is Cc1cc(F)c(C(F)F)c(CCl)n1. The lowest BCUT2D eigenvalue weighted by molar-refractivity contribution is 0.144. The highest BCUT2D eigenvalue weighted by Gasteiger charge is 2.19. The molecule has 0 atom stereocenters. The quantitative estimate of drug-likeness (QED) is 0.682. The molecule has 0 radical (unpaired) electrons. The predicted octanol–water partition coefficient (Wildman–Crippen LogP) is 3.21. The summed E-state index contributed by atoms with van der Waals surface area (Å²) in [6, 6.07) is 0.970. The van der Waals surface area contributed by atoms with Gasteiger partial charge in [0.2, 0.25) is 0 Å². The summed E-state index contributed by atoms with van der Waals surface area (Å²) in [4.78, 5) is 3.72. The van der Waals surface area contributed by atoms with E-state index in [0.717, 1.165) is 6.07 Å². The van der Waals surface area contributed by atoms with Gasteiger partial charge in [0.1, 0.15) is 5.82 Å². The maximum atomic E-state index is 13.0. The summed E-state index contributed by atoms with van der Waals surface area (Å²) in [6.07, 6.45) is -2.87. The fraction of sp³-hybridized carbons (Fsp3) is 0.375. The topological polar surface area (TPSA) is 12.9 Å². The maximum Gasteiger partial charge on any atom is 0.268 e. The van der Waals surface area contributed by atoms with Crippen molar-refractivity contribution in [2.24, 2.45) is 0 Å². The zero-order valence-corrected chi connectivity index (χ0v) is 7.58. The third-order valence-electron chi connectivity index (χ3n) is 1.56. The highest BCUT2D eigenvalue weighted by atomic mass is 35.5. The van der Waals surface area contributed by atoms with E-state index in [2.05, 4.69) is 4.98 Å². The standard InChI is InChI=1S/C8H7ClF3N/c1-4-2-5(10)7(8(11)12)6(3-9)13-4/h2,8H,3H2,1H3. The third-order valence-corrected chi connectivity index (χ3v) is 1.81. The van der Waals surface area contributed by atoms with Crippen LogP contribution in [0.25, 0.3) is 0 Å². The highest BCUT2D eigenvalue weighted by molar-refractivity contribution is 6.17. The van der Waals surface area contributed by atoms with E-state index in [1.807, 2.05) is 0 Å². The van der Waals surface area contributed by atoms with Crippen LogP contribution < -0.4 is 0 Å². The minimum Gasteiger partial charge on any atom is -0.256 e. The van der Waals surface area contributed by atoms with Gasteiger partial charge in [-0.2, -0.15) is 0 Å². The first-order valence-corrected chi connectivity index (χ1v) is 4.09. The lowest BCUT2D eigenvalue weighted by atomic mass is 10.2. The Balaban J connectivity index is 3.30. The van der Waals surface area contributed by atoms with Crippen LogP contribution in [0.5, 0.6) is 0 Å². The molecule has 0 aliphatic carbocycles. The van der Waals surface area contributed by atoms with E-state index in [-0.39, 0.29) is 11.6 Å². The van der Waals surface area contributed by atoms with E-state index in [4.69, 9.17) is 11.6 Å². The Morgan fingerprint density at radius 1 is 1.54 bits per heavy atom. The van der Waals surface area contributed by atoms with Crippen LogP contribution >= 0.6 is 11.6 Å². The average Bonchev–Trinajstić information content (AvgIpc) is 2.01. The molecule has 0 spiro atoms. The summed E-state index contributed by atoms with van der Waals surface area (Å²) in [6.45, 7) is 1.52. The van der Waals surface area contributed by atoms with Gasteiger partial charge in [-0.1, -0.05) is 0 Å². The molecule has 0 saturated carbocycles. The average molecular weight is 210 g/mol. The molecule has 0 aliphatic rings. The fourth-order valence-corrected chi connectivity index (χ4v) is 1.24. The molecular weight excluding hydrogens is 203 g/mol. The van der Waals surface area contributed by atoms with Crippen molar-refractivity contribution in [1.29, 1.82) is 0 Å². The van der Waals surface area contributed by atoms with Crippen LogP contribution in [0.4, 0.5) is 13.2 Å². The summed E-state index contributed by atoms with van der Waals surface area (Å²) in [5, 5.41) is 0. The van der Waals surface area contributed by atoms with Gasteiger partial charge in [-0.3, -0.25) is 4.98 Å². The molecule has 0 unspecified atom stereocenters. The van der Waals surface area contributed by atoms with Crippen LogP contribution in [0.2, 0.25) is 0 Å². The Kier molecular flexibility index (Phi) is 3.14. The van der Waals surface area contributed by atoms with Gasteiger partial charge in [0.25, 0.3) is 6.43 Å². The first-order chi connectivity index (χ1) is 6.06. The molecule has 0 N–H and O–H groups in total. The van der Waals surface area contributed by atoms with Crippen LogP contribution in [0.15, 0.2) is 6.07 Å². The minimum atomic E-state index is -2.87. The van der Waals surface area contributed by atoms with E-state index in [1.165, 1.54) is 6.92 Å². The molecule has 0 bridgehead atoms. The van der Waals surface area contributed by atoms with Gasteiger partial charge in [-0.15, -0.1) is 11.6 Å². The molecule has 1 nitrogen and oxygen atoms in total. The Morgan fingerprint density at radius 2 is 2.15 bits per heavy atom. The van der Waals surface area contributed by atoms with E-state index in [0.29, 0.717) is 5.69 Å². The van der Waals surface area contributed by atoms with Crippen molar-refractivity contribution in [1.82, 2.24) is 4.98 Å². The van der Waals surface area contributed by atoms with Crippen LogP contribution in [-0.4, -0.2) is 4.98 Å². The Morgan fingerprint density at radius 3 is 2.62 bits per heavy atom. The summed E-state index contributed by atoms with van der Waals surface area (Å²) >= 11 is 5.36. The molecule has 1 rings (SSSR count). The van der Waals surface area contributed by atoms with Gasteiger partial charge >= 0.3 is 0 Å². The summed E-state index contributed by atoms with van der Waals surface area (Å²) in [7, 11) is 0. The van der Waals surface area contributed by atoms with Crippen molar-refractivity contribution in [2.45, 2.75) is 19.2 Å². The van der Waals surface area contributed by atoms with E-state index < -0.39 is 17.8 Å². The van der Waals surface area contributed by atoms with Crippen molar-refractivity contribution in [3.8, 4) is 0 Å². The molecular formula is C8H7ClF3N. The smallest absolute Gasteiger partial charge is 0.256 e. The summed E-state index contributed by atoms with van der Waals surface area (Å²) < 4.78 is 37.5. The Bertz CT molecular complexity index is 315. The number of halogens is 4. The van der Waals surface area contributed by atoms with Crippen molar-refractivity contribution in [2.75, 3.05) is 0 Å². The van der Waals surface area contributed by atoms with E-state index in [9.17, 15) is 13.2 Å². The molecule has 1 aromatic rings. The second-order valence-electron chi connectivity index (χ2n) is 2.54. The molecule has 1 heterocycles. The molecule has 0 saturated heterocycles. The van der Waals surface area contributed by atoms with Crippen LogP contribution in [0.1, 0.15) is 23.4 Å². The molecule has 13 heavy (non-hydrogen) atoms. The summed E-state index contributed by atoms with van der Waals surface area (Å²) in [5.41, 5.74) is -0.438. The van der Waals surface area contributed by atoms with Gasteiger partial charge < -0.3 is 0 Å². The Labute approximate surface area is 78.5 Å². The van der Waals surface area contributed by atoms with Crippen LogP contribution in [-0.2, 0) is 5.88 Å². The minimum absolute atomic E-state index is 0.0887. The number of pyridine rings is 1. The molecule has 5 heteroatoms. The number of nitrogens with zero attached hydrogens (tertiary/aromatic N) is 1. The number of rotatable bonds is 2. The fourth-order valence-electron chi connectivity index (χ4n) is 1.04. The molecule has 0 fully saturated rings. The first kappa shape index (κ1) is 10.3. The zero-order valence-electron chi connectivity index (χ0n) is 6.82. The second-order valence-corrected chi connectivity index (χ2v) is 2.81. The molecule has 72 valence electrons. The first-order valence-electron chi connectivity index (χ1n) is 3.56. The lowest BCUT2D eigenvalue weighted by Crippen LogP contribution is -2.02. The van der Waals surface area contributed by atoms with Gasteiger partial charge in [-0.05, 0) is 13.0 Å². The van der Waals surface area contributed by atoms with Crippen molar-refractivity contribution < 1.29 is 13.2 Å². The van der Waals surface area contributed by atoms with Gasteiger partial charge in [0.05, 0.1) is 17.1 Å². The number of alkyl halides is 3. The highest BCUT2D eigenvalue weighted by Crippen LogP contribution is 2.26. The molecule has 0 amide bonds. The van der Waals surface area contributed by atoms with Crippen LogP contribution in [0, 0.1) is 12.7 Å². The Hall–Kier alpha value is -0.770. The van der Waals surface area contributed by atoms with Crippen molar-refractivity contribution >= 4 is 11.6 Å². The second kappa shape index (κ2) is 3.96. The van der Waals surface area contributed by atoms with Gasteiger partial charge in [-0.25, -0.2) is 13.2 Å². The number of aryl methyl sites for hydroxylation is 1. The predicted molar refractivity (Wildman–Crippen MR) is 43.4 cm³/mol.